The number of hydrogen-bond donors (Lipinski definition) is 0. The molecule has 0 aliphatic rings. The lowest BCUT2D eigenvalue weighted by molar-refractivity contribution is -0.166. The Labute approximate surface area is 496 Å². The van der Waals surface area contributed by atoms with Crippen LogP contribution in [0, 0.1) is 0 Å². The molecule has 0 heterocycles. The maximum Gasteiger partial charge on any atom is 0.309 e. The van der Waals surface area contributed by atoms with Gasteiger partial charge in [0.25, 0.3) is 0 Å². The Morgan fingerprint density at radius 3 is 0.875 bits per heavy atom. The van der Waals surface area contributed by atoms with Gasteiger partial charge in [0.1, 0.15) is 13.2 Å². The number of allylic oxidation sites excluding steroid dienone is 13. The fraction of sp³-hybridized carbons (Fsp3) is 0.770. The average molecular weight is 1120 g/mol. The Kier molecular flexibility index (Phi) is 65.2. The van der Waals surface area contributed by atoms with Crippen LogP contribution in [0.4, 0.5) is 0 Å². The Hall–Kier alpha value is -3.41. The van der Waals surface area contributed by atoms with E-state index in [1.807, 2.05) is 12.2 Å². The fourth-order valence-electron chi connectivity index (χ4n) is 10.0. The fourth-order valence-corrected chi connectivity index (χ4v) is 10.0. The first kappa shape index (κ1) is 76.6. The number of ether oxygens (including phenoxy) is 3. The van der Waals surface area contributed by atoms with E-state index in [1.165, 1.54) is 231 Å². The molecule has 1 unspecified atom stereocenters. The summed E-state index contributed by atoms with van der Waals surface area (Å²) in [4.78, 5) is 38.3. The summed E-state index contributed by atoms with van der Waals surface area (Å²) in [7, 11) is 0. The quantitative estimate of drug-likeness (QED) is 0.0261. The Morgan fingerprint density at radius 1 is 0.275 bits per heavy atom. The molecule has 6 nitrogen and oxygen atoms in total. The summed E-state index contributed by atoms with van der Waals surface area (Å²) >= 11 is 0. The third-order valence-corrected chi connectivity index (χ3v) is 15.2. The highest BCUT2D eigenvalue weighted by atomic mass is 16.6. The molecule has 0 bridgehead atoms. The van der Waals surface area contributed by atoms with Crippen LogP contribution in [0.2, 0.25) is 0 Å². The van der Waals surface area contributed by atoms with Gasteiger partial charge in [-0.25, -0.2) is 0 Å². The summed E-state index contributed by atoms with van der Waals surface area (Å²) in [5.41, 5.74) is 0. The predicted octanol–water partition coefficient (Wildman–Crippen LogP) is 23.8. The molecule has 462 valence electrons. The van der Waals surface area contributed by atoms with Crippen molar-refractivity contribution in [2.24, 2.45) is 0 Å². The molecule has 1 atom stereocenters. The van der Waals surface area contributed by atoms with Crippen LogP contribution in [0.5, 0.6) is 0 Å². The molecule has 0 N–H and O–H groups in total. The molecule has 0 aliphatic heterocycles. The van der Waals surface area contributed by atoms with Crippen molar-refractivity contribution in [2.75, 3.05) is 13.2 Å². The van der Waals surface area contributed by atoms with Crippen molar-refractivity contribution in [3.05, 3.63) is 85.1 Å². The third-order valence-electron chi connectivity index (χ3n) is 15.2. The smallest absolute Gasteiger partial charge is 0.309 e. The molecular weight excluding hydrogens is 985 g/mol. The van der Waals surface area contributed by atoms with Crippen LogP contribution in [0.1, 0.15) is 348 Å². The van der Waals surface area contributed by atoms with Crippen LogP contribution >= 0.6 is 0 Å². The highest BCUT2D eigenvalue weighted by Crippen LogP contribution is 2.18. The van der Waals surface area contributed by atoms with E-state index in [1.54, 1.807) is 0 Å². The van der Waals surface area contributed by atoms with Crippen LogP contribution in [0.15, 0.2) is 85.1 Å². The van der Waals surface area contributed by atoms with Gasteiger partial charge in [0.15, 0.2) is 6.10 Å². The predicted molar refractivity (Wildman–Crippen MR) is 348 cm³/mol. The lowest BCUT2D eigenvalue weighted by atomic mass is 10.0. The zero-order chi connectivity index (χ0) is 57.8. The van der Waals surface area contributed by atoms with E-state index in [9.17, 15) is 14.4 Å². The number of carbonyl (C=O) groups excluding carboxylic acids is 3. The van der Waals surface area contributed by atoms with E-state index >= 15 is 0 Å². The van der Waals surface area contributed by atoms with Gasteiger partial charge < -0.3 is 14.2 Å². The molecule has 0 aromatic rings. The van der Waals surface area contributed by atoms with Gasteiger partial charge >= 0.3 is 17.9 Å². The van der Waals surface area contributed by atoms with Gasteiger partial charge in [-0.1, -0.05) is 337 Å². The van der Waals surface area contributed by atoms with Crippen molar-refractivity contribution in [2.45, 2.75) is 354 Å². The van der Waals surface area contributed by atoms with Crippen molar-refractivity contribution in [3.63, 3.8) is 0 Å². The van der Waals surface area contributed by atoms with Crippen LogP contribution in [-0.2, 0) is 28.6 Å². The minimum Gasteiger partial charge on any atom is -0.462 e. The number of carbonyl (C=O) groups is 3. The standard InChI is InChI=1S/C74H130O6/c1-4-7-10-13-16-19-22-25-28-30-31-32-33-34-35-36-37-38-39-40-41-42-43-44-47-49-52-55-58-61-64-67-73(76)79-70-71(69-78-72(75)66-63-60-57-54-51-48-45-27-24-21-18-15-12-9-6-3)80-74(77)68-65-62-59-56-53-50-46-29-26-23-20-17-14-11-8-5-2/h9,12,18,21-22,25,27,30-31,45,51,54,60,63,71H,4-8,10-11,13-17,19-20,23-24,26,28-29,32-44,46-50,52-53,55-59,61-62,64-70H2,1-3H3/b12-9-,21-18-,25-22-,31-30-,45-27-,54-51-,63-60-. The van der Waals surface area contributed by atoms with Crippen molar-refractivity contribution in [1.29, 1.82) is 0 Å². The third kappa shape index (κ3) is 65.4. The average Bonchev–Trinajstić information content (AvgIpc) is 3.46. The van der Waals surface area contributed by atoms with Gasteiger partial charge in [0.05, 0.1) is 6.42 Å². The summed E-state index contributed by atoms with van der Waals surface area (Å²) in [6, 6.07) is 0. The summed E-state index contributed by atoms with van der Waals surface area (Å²) in [6.07, 6.45) is 90.7. The molecule has 0 aromatic heterocycles. The van der Waals surface area contributed by atoms with E-state index in [0.29, 0.717) is 12.8 Å². The van der Waals surface area contributed by atoms with Crippen molar-refractivity contribution in [3.8, 4) is 0 Å². The topological polar surface area (TPSA) is 78.9 Å². The maximum atomic E-state index is 12.9. The number of unbranched alkanes of at least 4 members (excludes halogenated alkanes) is 39. The van der Waals surface area contributed by atoms with Crippen molar-refractivity contribution in [1.82, 2.24) is 0 Å². The molecule has 0 spiro atoms. The van der Waals surface area contributed by atoms with E-state index in [4.69, 9.17) is 14.2 Å². The SMILES string of the molecule is CC/C=C\C/C=C\C/C=C\C/C=C\C/C=C\CC(=O)OCC(COC(=O)CCCCCCCCCCCCCCCCCCCCC/C=C\C/C=C\CCCCCCC)OC(=O)CCCCCCCCCCCCCCCCCC. The Morgan fingerprint density at radius 2 is 0.537 bits per heavy atom. The highest BCUT2D eigenvalue weighted by molar-refractivity contribution is 5.72. The van der Waals surface area contributed by atoms with Gasteiger partial charge in [-0.2, -0.15) is 0 Å². The second kappa shape index (κ2) is 68.1. The van der Waals surface area contributed by atoms with Gasteiger partial charge in [-0.05, 0) is 77.0 Å². The first-order chi connectivity index (χ1) is 39.5. The first-order valence-electron chi connectivity index (χ1n) is 34.6. The van der Waals surface area contributed by atoms with Crippen LogP contribution in [0.25, 0.3) is 0 Å². The Bertz CT molecular complexity index is 1520. The molecule has 0 aromatic carbocycles. The molecule has 0 aliphatic carbocycles. The number of esters is 3. The molecule has 0 saturated heterocycles. The summed E-state index contributed by atoms with van der Waals surface area (Å²) < 4.78 is 16.8. The van der Waals surface area contributed by atoms with E-state index in [0.717, 1.165) is 77.0 Å². The zero-order valence-corrected chi connectivity index (χ0v) is 53.1. The van der Waals surface area contributed by atoms with Gasteiger partial charge in [0.2, 0.25) is 0 Å². The van der Waals surface area contributed by atoms with Crippen molar-refractivity contribution >= 4 is 17.9 Å². The molecule has 0 radical (unpaired) electrons. The molecule has 80 heavy (non-hydrogen) atoms. The normalized spacial score (nSPS) is 12.6. The molecule has 0 saturated carbocycles. The van der Waals surface area contributed by atoms with Crippen molar-refractivity contribution < 1.29 is 28.6 Å². The zero-order valence-electron chi connectivity index (χ0n) is 53.1. The maximum absolute atomic E-state index is 12.9. The monoisotopic (exact) mass is 1110 g/mol. The molecular formula is C74H130O6. The van der Waals surface area contributed by atoms with Crippen LogP contribution < -0.4 is 0 Å². The summed E-state index contributed by atoms with van der Waals surface area (Å²) in [5, 5.41) is 0. The number of rotatable bonds is 63. The Balaban J connectivity index is 4.24. The van der Waals surface area contributed by atoms with E-state index in [-0.39, 0.29) is 31.6 Å². The summed E-state index contributed by atoms with van der Waals surface area (Å²) in [5.74, 6) is -1.02. The summed E-state index contributed by atoms with van der Waals surface area (Å²) in [6.45, 7) is 6.47. The van der Waals surface area contributed by atoms with E-state index < -0.39 is 12.1 Å². The molecule has 6 heteroatoms. The van der Waals surface area contributed by atoms with Gasteiger partial charge in [-0.15, -0.1) is 0 Å². The van der Waals surface area contributed by atoms with Gasteiger partial charge in [-0.3, -0.25) is 14.4 Å². The first-order valence-corrected chi connectivity index (χ1v) is 34.6. The largest absolute Gasteiger partial charge is 0.462 e. The second-order valence-corrected chi connectivity index (χ2v) is 23.1. The lowest BCUT2D eigenvalue weighted by Gasteiger charge is -2.18. The number of hydrogen-bond acceptors (Lipinski definition) is 6. The highest BCUT2D eigenvalue weighted by Gasteiger charge is 2.19. The van der Waals surface area contributed by atoms with E-state index in [2.05, 4.69) is 93.7 Å². The molecule has 0 amide bonds. The molecule has 0 fully saturated rings. The lowest BCUT2D eigenvalue weighted by Crippen LogP contribution is -2.30. The minimum atomic E-state index is -0.814. The molecule has 0 rings (SSSR count). The van der Waals surface area contributed by atoms with Crippen LogP contribution in [0.3, 0.4) is 0 Å². The second-order valence-electron chi connectivity index (χ2n) is 23.1. The van der Waals surface area contributed by atoms with Gasteiger partial charge in [0, 0.05) is 12.8 Å². The minimum absolute atomic E-state index is 0.102. The van der Waals surface area contributed by atoms with Crippen LogP contribution in [-0.4, -0.2) is 37.2 Å².